The molecule has 0 fully saturated rings. The van der Waals surface area contributed by atoms with Crippen LogP contribution in [0.4, 0.5) is 5.82 Å². The molecule has 1 aromatic carbocycles. The normalized spacial score (nSPS) is 10.4. The van der Waals surface area contributed by atoms with Crippen LogP contribution in [0.2, 0.25) is 0 Å². The quantitative estimate of drug-likeness (QED) is 0.867. The number of aryl methyl sites for hydroxylation is 1. The van der Waals surface area contributed by atoms with Crippen LogP contribution in [0.1, 0.15) is 10.4 Å². The molecule has 0 aliphatic rings. The van der Waals surface area contributed by atoms with E-state index in [9.17, 15) is 4.79 Å². The van der Waals surface area contributed by atoms with Gasteiger partial charge in [-0.25, -0.2) is 0 Å². The SMILES string of the molecule is CN(C)C(=O)c1ccc(-c2cc(N)n(C)n2)cc1. The molecule has 1 aromatic heterocycles. The van der Waals surface area contributed by atoms with Crippen molar-refractivity contribution in [3.8, 4) is 11.3 Å². The van der Waals surface area contributed by atoms with Gasteiger partial charge < -0.3 is 10.6 Å². The number of nitrogens with zero attached hydrogens (tertiary/aromatic N) is 3. The summed E-state index contributed by atoms with van der Waals surface area (Å²) in [6, 6.07) is 9.14. The van der Waals surface area contributed by atoms with Gasteiger partial charge in [-0.15, -0.1) is 0 Å². The summed E-state index contributed by atoms with van der Waals surface area (Å²) >= 11 is 0. The summed E-state index contributed by atoms with van der Waals surface area (Å²) < 4.78 is 1.62. The average molecular weight is 244 g/mol. The van der Waals surface area contributed by atoms with E-state index in [0.29, 0.717) is 11.4 Å². The predicted octanol–water partition coefficient (Wildman–Crippen LogP) is 1.37. The Morgan fingerprint density at radius 3 is 2.33 bits per heavy atom. The molecule has 0 atom stereocenters. The number of benzene rings is 1. The van der Waals surface area contributed by atoms with E-state index < -0.39 is 0 Å². The van der Waals surface area contributed by atoms with Gasteiger partial charge in [0.05, 0.1) is 5.69 Å². The average Bonchev–Trinajstić information content (AvgIpc) is 2.69. The third-order valence-electron chi connectivity index (χ3n) is 2.75. The van der Waals surface area contributed by atoms with Gasteiger partial charge in [-0.3, -0.25) is 9.48 Å². The molecule has 0 bridgehead atoms. The van der Waals surface area contributed by atoms with Gasteiger partial charge in [0.25, 0.3) is 5.91 Å². The van der Waals surface area contributed by atoms with Gasteiger partial charge in [-0.1, -0.05) is 12.1 Å². The fourth-order valence-corrected chi connectivity index (χ4v) is 1.66. The molecule has 0 saturated heterocycles. The van der Waals surface area contributed by atoms with E-state index in [-0.39, 0.29) is 5.91 Å². The lowest BCUT2D eigenvalue weighted by Gasteiger charge is -2.10. The van der Waals surface area contributed by atoms with E-state index in [0.717, 1.165) is 11.3 Å². The molecular formula is C13H16N4O. The Morgan fingerprint density at radius 1 is 1.28 bits per heavy atom. The first kappa shape index (κ1) is 12.2. The van der Waals surface area contributed by atoms with E-state index >= 15 is 0 Å². The Kier molecular flexibility index (Phi) is 3.06. The van der Waals surface area contributed by atoms with Crippen LogP contribution < -0.4 is 5.73 Å². The van der Waals surface area contributed by atoms with Crippen LogP contribution in [0.25, 0.3) is 11.3 Å². The topological polar surface area (TPSA) is 64.2 Å². The molecule has 94 valence electrons. The van der Waals surface area contributed by atoms with Crippen LogP contribution in [-0.2, 0) is 7.05 Å². The number of nitrogens with two attached hydrogens (primary N) is 1. The summed E-state index contributed by atoms with van der Waals surface area (Å²) in [5.41, 5.74) is 8.14. The highest BCUT2D eigenvalue weighted by Crippen LogP contribution is 2.20. The number of amides is 1. The molecule has 0 aliphatic carbocycles. The first-order valence-electron chi connectivity index (χ1n) is 5.60. The third kappa shape index (κ3) is 2.20. The van der Waals surface area contributed by atoms with E-state index in [1.807, 2.05) is 18.2 Å². The second-order valence-electron chi connectivity index (χ2n) is 4.35. The summed E-state index contributed by atoms with van der Waals surface area (Å²) in [7, 11) is 5.26. The van der Waals surface area contributed by atoms with Crippen molar-refractivity contribution in [3.63, 3.8) is 0 Å². The van der Waals surface area contributed by atoms with E-state index in [4.69, 9.17) is 5.73 Å². The Morgan fingerprint density at radius 2 is 1.89 bits per heavy atom. The summed E-state index contributed by atoms with van der Waals surface area (Å²) in [6.07, 6.45) is 0. The van der Waals surface area contributed by atoms with Crippen LogP contribution >= 0.6 is 0 Å². The first-order chi connectivity index (χ1) is 8.49. The Labute approximate surface area is 106 Å². The fourth-order valence-electron chi connectivity index (χ4n) is 1.66. The number of hydrogen-bond donors (Lipinski definition) is 1. The van der Waals surface area contributed by atoms with Gasteiger partial charge in [-0.2, -0.15) is 5.10 Å². The minimum atomic E-state index is -0.0120. The zero-order valence-corrected chi connectivity index (χ0v) is 10.7. The Hall–Kier alpha value is -2.30. The maximum atomic E-state index is 11.7. The zero-order chi connectivity index (χ0) is 13.3. The van der Waals surface area contributed by atoms with E-state index in [1.54, 1.807) is 42.9 Å². The second kappa shape index (κ2) is 4.52. The molecule has 1 amide bonds. The molecule has 5 nitrogen and oxygen atoms in total. The summed E-state index contributed by atoms with van der Waals surface area (Å²) in [5, 5.41) is 4.29. The van der Waals surface area contributed by atoms with Gasteiger partial charge in [0.2, 0.25) is 0 Å². The number of carbonyl (C=O) groups excluding carboxylic acids is 1. The van der Waals surface area contributed by atoms with Crippen LogP contribution in [0.3, 0.4) is 0 Å². The molecule has 0 unspecified atom stereocenters. The molecule has 0 aliphatic heterocycles. The molecule has 5 heteroatoms. The number of rotatable bonds is 2. The van der Waals surface area contributed by atoms with Gasteiger partial charge in [0.1, 0.15) is 5.82 Å². The van der Waals surface area contributed by atoms with Crippen LogP contribution in [-0.4, -0.2) is 34.7 Å². The molecule has 0 radical (unpaired) electrons. The standard InChI is InChI=1S/C13H16N4O/c1-16(2)13(18)10-6-4-9(5-7-10)11-8-12(14)17(3)15-11/h4-8H,14H2,1-3H3. The lowest BCUT2D eigenvalue weighted by Crippen LogP contribution is -2.21. The number of nitrogen functional groups attached to an aromatic ring is 1. The lowest BCUT2D eigenvalue weighted by molar-refractivity contribution is 0.0827. The third-order valence-corrected chi connectivity index (χ3v) is 2.75. The van der Waals surface area contributed by atoms with Crippen molar-refractivity contribution in [2.75, 3.05) is 19.8 Å². The summed E-state index contributed by atoms with van der Waals surface area (Å²) in [6.45, 7) is 0. The smallest absolute Gasteiger partial charge is 0.253 e. The minimum absolute atomic E-state index is 0.0120. The van der Waals surface area contributed by atoms with E-state index in [2.05, 4.69) is 5.10 Å². The number of aromatic nitrogens is 2. The molecule has 2 N–H and O–H groups in total. The summed E-state index contributed by atoms with van der Waals surface area (Å²) in [5.74, 6) is 0.598. The van der Waals surface area contributed by atoms with Crippen molar-refractivity contribution in [3.05, 3.63) is 35.9 Å². The van der Waals surface area contributed by atoms with Crippen molar-refractivity contribution < 1.29 is 4.79 Å². The predicted molar refractivity (Wildman–Crippen MR) is 71.1 cm³/mol. The highest BCUT2D eigenvalue weighted by molar-refractivity contribution is 5.94. The van der Waals surface area contributed by atoms with Crippen molar-refractivity contribution >= 4 is 11.7 Å². The number of hydrogen-bond acceptors (Lipinski definition) is 3. The molecule has 2 aromatic rings. The maximum Gasteiger partial charge on any atom is 0.253 e. The number of carbonyl (C=O) groups is 1. The van der Waals surface area contributed by atoms with Crippen molar-refractivity contribution in [1.82, 2.24) is 14.7 Å². The van der Waals surface area contributed by atoms with Gasteiger partial charge in [0, 0.05) is 38.3 Å². The van der Waals surface area contributed by atoms with Crippen LogP contribution in [0, 0.1) is 0 Å². The molecule has 1 heterocycles. The van der Waals surface area contributed by atoms with Gasteiger partial charge >= 0.3 is 0 Å². The van der Waals surface area contributed by atoms with Crippen molar-refractivity contribution in [1.29, 1.82) is 0 Å². The van der Waals surface area contributed by atoms with E-state index in [1.165, 1.54) is 0 Å². The van der Waals surface area contributed by atoms with Crippen molar-refractivity contribution in [2.45, 2.75) is 0 Å². The second-order valence-corrected chi connectivity index (χ2v) is 4.35. The van der Waals surface area contributed by atoms with Gasteiger partial charge in [-0.05, 0) is 12.1 Å². The maximum absolute atomic E-state index is 11.7. The zero-order valence-electron chi connectivity index (χ0n) is 10.7. The first-order valence-corrected chi connectivity index (χ1v) is 5.60. The lowest BCUT2D eigenvalue weighted by atomic mass is 10.1. The molecule has 18 heavy (non-hydrogen) atoms. The monoisotopic (exact) mass is 244 g/mol. The minimum Gasteiger partial charge on any atom is -0.384 e. The highest BCUT2D eigenvalue weighted by atomic mass is 16.2. The molecular weight excluding hydrogens is 228 g/mol. The molecule has 0 spiro atoms. The highest BCUT2D eigenvalue weighted by Gasteiger charge is 2.09. The van der Waals surface area contributed by atoms with Crippen molar-refractivity contribution in [2.24, 2.45) is 7.05 Å². The number of anilines is 1. The largest absolute Gasteiger partial charge is 0.384 e. The van der Waals surface area contributed by atoms with Gasteiger partial charge in [0.15, 0.2) is 0 Å². The molecule has 2 rings (SSSR count). The molecule has 0 saturated carbocycles. The Bertz CT molecular complexity index is 550. The van der Waals surface area contributed by atoms with Crippen LogP contribution in [0.15, 0.2) is 30.3 Å². The Balaban J connectivity index is 2.30. The fraction of sp³-hybridized carbons (Fsp3) is 0.231. The summed E-state index contributed by atoms with van der Waals surface area (Å²) in [4.78, 5) is 13.3. The van der Waals surface area contributed by atoms with Crippen LogP contribution in [0.5, 0.6) is 0 Å².